The van der Waals surface area contributed by atoms with Gasteiger partial charge in [0.2, 0.25) is 0 Å². The van der Waals surface area contributed by atoms with Crippen molar-refractivity contribution >= 4 is 0 Å². The monoisotopic (exact) mass is 126 g/mol. The Balaban J connectivity index is 4.34. The summed E-state index contributed by atoms with van der Waals surface area (Å²) in [4.78, 5) is 0. The SMILES string of the molecule is C=CC(=C(C)O)C(C)C. The third kappa shape index (κ3) is 2.36. The van der Waals surface area contributed by atoms with Gasteiger partial charge in [-0.05, 0) is 18.4 Å². The standard InChI is InChI=1S/C8H14O/c1-5-8(6(2)3)7(4)9/h5-6,9H,1H2,2-4H3. The van der Waals surface area contributed by atoms with Gasteiger partial charge in [-0.25, -0.2) is 0 Å². The maximum Gasteiger partial charge on any atom is 0.0925 e. The molecule has 0 aromatic rings. The Labute approximate surface area is 56.7 Å². The minimum Gasteiger partial charge on any atom is -0.512 e. The first-order valence-electron chi connectivity index (χ1n) is 3.11. The van der Waals surface area contributed by atoms with Gasteiger partial charge >= 0.3 is 0 Å². The van der Waals surface area contributed by atoms with Crippen molar-refractivity contribution in [3.8, 4) is 0 Å². The van der Waals surface area contributed by atoms with E-state index in [1.54, 1.807) is 13.0 Å². The number of allylic oxidation sites excluding steroid dienone is 3. The molecule has 0 aromatic heterocycles. The second-order valence-corrected chi connectivity index (χ2v) is 2.40. The number of aliphatic hydroxyl groups excluding tert-OH is 1. The molecule has 0 aliphatic carbocycles. The Morgan fingerprint density at radius 1 is 1.56 bits per heavy atom. The fraction of sp³-hybridized carbons (Fsp3) is 0.500. The zero-order valence-corrected chi connectivity index (χ0v) is 6.31. The molecule has 0 spiro atoms. The van der Waals surface area contributed by atoms with Crippen molar-refractivity contribution in [2.75, 3.05) is 0 Å². The minimum absolute atomic E-state index is 0.368. The van der Waals surface area contributed by atoms with E-state index in [0.29, 0.717) is 11.7 Å². The van der Waals surface area contributed by atoms with E-state index in [1.165, 1.54) is 0 Å². The van der Waals surface area contributed by atoms with Gasteiger partial charge in [-0.15, -0.1) is 0 Å². The molecule has 0 radical (unpaired) electrons. The lowest BCUT2D eigenvalue weighted by molar-refractivity contribution is 0.402. The first-order chi connectivity index (χ1) is 4.09. The maximum atomic E-state index is 8.99. The van der Waals surface area contributed by atoms with E-state index in [1.807, 2.05) is 13.8 Å². The Morgan fingerprint density at radius 2 is 2.00 bits per heavy atom. The van der Waals surface area contributed by atoms with Crippen LogP contribution >= 0.6 is 0 Å². The highest BCUT2D eigenvalue weighted by Gasteiger charge is 2.00. The number of hydrogen-bond acceptors (Lipinski definition) is 1. The summed E-state index contributed by atoms with van der Waals surface area (Å²) in [6.07, 6.45) is 1.69. The molecule has 0 aliphatic heterocycles. The number of rotatable bonds is 2. The number of hydrogen-bond donors (Lipinski definition) is 1. The first-order valence-corrected chi connectivity index (χ1v) is 3.11. The summed E-state index contributed by atoms with van der Waals surface area (Å²) in [5, 5.41) is 8.99. The predicted molar refractivity (Wildman–Crippen MR) is 40.4 cm³/mol. The van der Waals surface area contributed by atoms with Crippen LogP contribution < -0.4 is 0 Å². The summed E-state index contributed by atoms with van der Waals surface area (Å²) >= 11 is 0. The van der Waals surface area contributed by atoms with Crippen LogP contribution in [-0.2, 0) is 0 Å². The summed E-state index contributed by atoms with van der Waals surface area (Å²) < 4.78 is 0. The van der Waals surface area contributed by atoms with E-state index in [9.17, 15) is 0 Å². The molecule has 0 heterocycles. The van der Waals surface area contributed by atoms with E-state index in [2.05, 4.69) is 6.58 Å². The van der Waals surface area contributed by atoms with Gasteiger partial charge in [0.15, 0.2) is 0 Å². The van der Waals surface area contributed by atoms with E-state index >= 15 is 0 Å². The average Bonchev–Trinajstić information content (AvgIpc) is 1.64. The number of aliphatic hydroxyl groups is 1. The van der Waals surface area contributed by atoms with Crippen molar-refractivity contribution in [2.24, 2.45) is 5.92 Å². The summed E-state index contributed by atoms with van der Waals surface area (Å²) in [6, 6.07) is 0. The molecule has 0 atom stereocenters. The molecule has 0 fully saturated rings. The molecule has 1 N–H and O–H groups in total. The molecule has 0 bridgehead atoms. The van der Waals surface area contributed by atoms with Crippen molar-refractivity contribution < 1.29 is 5.11 Å². The van der Waals surface area contributed by atoms with E-state index in [4.69, 9.17) is 5.11 Å². The van der Waals surface area contributed by atoms with Crippen LogP contribution in [-0.4, -0.2) is 5.11 Å². The molecule has 0 saturated heterocycles. The second kappa shape index (κ2) is 3.33. The lowest BCUT2D eigenvalue weighted by atomic mass is 10.0. The summed E-state index contributed by atoms with van der Waals surface area (Å²) in [5.74, 6) is 0.743. The van der Waals surface area contributed by atoms with Crippen LogP contribution in [0, 0.1) is 5.92 Å². The Kier molecular flexibility index (Phi) is 3.07. The largest absolute Gasteiger partial charge is 0.512 e. The molecule has 0 aliphatic rings. The van der Waals surface area contributed by atoms with Gasteiger partial charge in [-0.2, -0.15) is 0 Å². The zero-order chi connectivity index (χ0) is 7.44. The smallest absolute Gasteiger partial charge is 0.0925 e. The fourth-order valence-corrected chi connectivity index (χ4v) is 0.801. The highest BCUT2D eigenvalue weighted by molar-refractivity contribution is 5.20. The molecule has 9 heavy (non-hydrogen) atoms. The van der Waals surface area contributed by atoms with Crippen molar-refractivity contribution in [3.63, 3.8) is 0 Å². The van der Waals surface area contributed by atoms with Gasteiger partial charge in [0.05, 0.1) is 5.76 Å². The normalized spacial score (nSPS) is 13.3. The third-order valence-electron chi connectivity index (χ3n) is 1.26. The lowest BCUT2D eigenvalue weighted by Crippen LogP contribution is -1.93. The Bertz CT molecular complexity index is 128. The van der Waals surface area contributed by atoms with Gasteiger partial charge in [-0.3, -0.25) is 0 Å². The maximum absolute atomic E-state index is 8.99. The summed E-state index contributed by atoms with van der Waals surface area (Å²) in [5.41, 5.74) is 0.926. The molecule has 0 saturated carbocycles. The fourth-order valence-electron chi connectivity index (χ4n) is 0.801. The van der Waals surface area contributed by atoms with Crippen LogP contribution in [0.15, 0.2) is 24.0 Å². The van der Waals surface area contributed by atoms with Crippen LogP contribution in [0.4, 0.5) is 0 Å². The molecule has 0 unspecified atom stereocenters. The lowest BCUT2D eigenvalue weighted by Gasteiger charge is -2.05. The summed E-state index contributed by atoms with van der Waals surface area (Å²) in [7, 11) is 0. The first kappa shape index (κ1) is 8.28. The van der Waals surface area contributed by atoms with E-state index < -0.39 is 0 Å². The molecule has 0 rings (SSSR count). The van der Waals surface area contributed by atoms with Gasteiger partial charge < -0.3 is 5.11 Å². The van der Waals surface area contributed by atoms with E-state index in [0.717, 1.165) is 5.57 Å². The van der Waals surface area contributed by atoms with Gasteiger partial charge in [0.25, 0.3) is 0 Å². The van der Waals surface area contributed by atoms with Crippen molar-refractivity contribution in [2.45, 2.75) is 20.8 Å². The van der Waals surface area contributed by atoms with Crippen molar-refractivity contribution in [1.29, 1.82) is 0 Å². The second-order valence-electron chi connectivity index (χ2n) is 2.40. The predicted octanol–water partition coefficient (Wildman–Crippen LogP) is 2.66. The van der Waals surface area contributed by atoms with Gasteiger partial charge in [-0.1, -0.05) is 26.5 Å². The molecule has 0 amide bonds. The highest BCUT2D eigenvalue weighted by Crippen LogP contribution is 2.12. The van der Waals surface area contributed by atoms with Crippen LogP contribution in [0.2, 0.25) is 0 Å². The van der Waals surface area contributed by atoms with Crippen LogP contribution in [0.3, 0.4) is 0 Å². The molecule has 1 nitrogen and oxygen atoms in total. The highest BCUT2D eigenvalue weighted by atomic mass is 16.3. The molecular formula is C8H14O. The zero-order valence-electron chi connectivity index (χ0n) is 6.31. The van der Waals surface area contributed by atoms with Crippen LogP contribution in [0.1, 0.15) is 20.8 Å². The van der Waals surface area contributed by atoms with E-state index in [-0.39, 0.29) is 0 Å². The van der Waals surface area contributed by atoms with Gasteiger partial charge in [0, 0.05) is 0 Å². The molecular weight excluding hydrogens is 112 g/mol. The van der Waals surface area contributed by atoms with Crippen molar-refractivity contribution in [3.05, 3.63) is 24.0 Å². The summed E-state index contributed by atoms with van der Waals surface area (Å²) in [6.45, 7) is 9.31. The third-order valence-corrected chi connectivity index (χ3v) is 1.26. The topological polar surface area (TPSA) is 20.2 Å². The minimum atomic E-state index is 0.368. The molecule has 0 aromatic carbocycles. The Hall–Kier alpha value is -0.720. The van der Waals surface area contributed by atoms with Crippen LogP contribution in [0.25, 0.3) is 0 Å². The molecule has 1 heteroatoms. The molecule has 52 valence electrons. The van der Waals surface area contributed by atoms with Crippen molar-refractivity contribution in [1.82, 2.24) is 0 Å². The quantitative estimate of drug-likeness (QED) is 0.445. The van der Waals surface area contributed by atoms with Crippen LogP contribution in [0.5, 0.6) is 0 Å². The van der Waals surface area contributed by atoms with Gasteiger partial charge in [0.1, 0.15) is 0 Å². The average molecular weight is 126 g/mol. The Morgan fingerprint density at radius 3 is 2.00 bits per heavy atom.